The third-order valence-corrected chi connectivity index (χ3v) is 6.60. The molecule has 1 aliphatic heterocycles. The van der Waals surface area contributed by atoms with Gasteiger partial charge in [-0.3, -0.25) is 4.79 Å². The van der Waals surface area contributed by atoms with Crippen molar-refractivity contribution in [1.29, 1.82) is 0 Å². The Balaban J connectivity index is 1.43. The van der Waals surface area contributed by atoms with E-state index in [9.17, 15) is 4.79 Å². The minimum Gasteiger partial charge on any atom is -0.356 e. The van der Waals surface area contributed by atoms with Crippen LogP contribution < -0.4 is 10.2 Å². The van der Waals surface area contributed by atoms with Gasteiger partial charge in [0.25, 0.3) is 0 Å². The standard InChI is InChI=1S/C20H22N6OS2/c1-2-28-20-25-24-19(29-20)23-18(27)15-9-6-10-26(12-15)17-11-16(21-13-22-17)14-7-4-3-5-8-14/h3-5,7-8,11,13,15H,2,6,9-10,12H2,1H3,(H,23,24,27). The summed E-state index contributed by atoms with van der Waals surface area (Å²) in [5.74, 6) is 1.68. The van der Waals surface area contributed by atoms with Crippen molar-refractivity contribution in [3.63, 3.8) is 0 Å². The van der Waals surface area contributed by atoms with Crippen LogP contribution in [-0.4, -0.2) is 44.9 Å². The number of hydrogen-bond acceptors (Lipinski definition) is 8. The zero-order valence-electron chi connectivity index (χ0n) is 16.1. The number of hydrogen-bond donors (Lipinski definition) is 1. The molecule has 1 fully saturated rings. The highest BCUT2D eigenvalue weighted by atomic mass is 32.2. The second-order valence-electron chi connectivity index (χ2n) is 6.71. The smallest absolute Gasteiger partial charge is 0.231 e. The highest BCUT2D eigenvalue weighted by Crippen LogP contribution is 2.28. The Labute approximate surface area is 178 Å². The Morgan fingerprint density at radius 1 is 1.28 bits per heavy atom. The number of aromatic nitrogens is 4. The maximum absolute atomic E-state index is 12.8. The summed E-state index contributed by atoms with van der Waals surface area (Å²) in [6.07, 6.45) is 3.39. The lowest BCUT2D eigenvalue weighted by molar-refractivity contribution is -0.120. The molecule has 0 saturated carbocycles. The maximum Gasteiger partial charge on any atom is 0.231 e. The van der Waals surface area contributed by atoms with Gasteiger partial charge in [-0.2, -0.15) is 0 Å². The lowest BCUT2D eigenvalue weighted by Gasteiger charge is -2.32. The molecule has 1 aliphatic rings. The number of thioether (sulfide) groups is 1. The Hall–Kier alpha value is -2.52. The molecule has 0 bridgehead atoms. The fraction of sp³-hybridized carbons (Fsp3) is 0.350. The fourth-order valence-corrected chi connectivity index (χ4v) is 4.99. The summed E-state index contributed by atoms with van der Waals surface area (Å²) >= 11 is 3.05. The lowest BCUT2D eigenvalue weighted by Crippen LogP contribution is -2.41. The van der Waals surface area contributed by atoms with Crippen LogP contribution in [0.2, 0.25) is 0 Å². The van der Waals surface area contributed by atoms with E-state index in [0.717, 1.165) is 46.6 Å². The summed E-state index contributed by atoms with van der Waals surface area (Å²) < 4.78 is 0.877. The predicted octanol–water partition coefficient (Wildman–Crippen LogP) is 3.96. The van der Waals surface area contributed by atoms with Crippen LogP contribution >= 0.6 is 23.1 Å². The van der Waals surface area contributed by atoms with E-state index < -0.39 is 0 Å². The molecule has 1 atom stereocenters. The van der Waals surface area contributed by atoms with E-state index >= 15 is 0 Å². The first-order valence-electron chi connectivity index (χ1n) is 9.62. The van der Waals surface area contributed by atoms with Crippen LogP contribution in [0.15, 0.2) is 47.1 Å². The van der Waals surface area contributed by atoms with Crippen molar-refractivity contribution in [2.24, 2.45) is 5.92 Å². The average molecular weight is 427 g/mol. The quantitative estimate of drug-likeness (QED) is 0.472. The van der Waals surface area contributed by atoms with Gasteiger partial charge in [0.05, 0.1) is 11.6 Å². The SMILES string of the molecule is CCSc1nnc(NC(=O)C2CCCN(c3cc(-c4ccccc4)ncn3)C2)s1. The number of rotatable bonds is 6. The number of piperidine rings is 1. The van der Waals surface area contributed by atoms with Crippen LogP contribution in [0, 0.1) is 5.92 Å². The second kappa shape index (κ2) is 9.32. The molecule has 9 heteroatoms. The van der Waals surface area contributed by atoms with Gasteiger partial charge in [-0.1, -0.05) is 60.4 Å². The molecule has 7 nitrogen and oxygen atoms in total. The van der Waals surface area contributed by atoms with Gasteiger partial charge in [0.15, 0.2) is 4.34 Å². The normalized spacial score (nSPS) is 16.6. The van der Waals surface area contributed by atoms with Gasteiger partial charge in [-0.05, 0) is 18.6 Å². The van der Waals surface area contributed by atoms with E-state index in [1.807, 2.05) is 36.4 Å². The molecular formula is C20H22N6OS2. The number of nitrogens with zero attached hydrogens (tertiary/aromatic N) is 5. The topological polar surface area (TPSA) is 83.9 Å². The number of carbonyl (C=O) groups excluding carboxylic acids is 1. The van der Waals surface area contributed by atoms with Gasteiger partial charge in [0.1, 0.15) is 12.1 Å². The van der Waals surface area contributed by atoms with Gasteiger partial charge < -0.3 is 10.2 Å². The molecule has 1 amide bonds. The molecular weight excluding hydrogens is 404 g/mol. The number of nitrogens with one attached hydrogen (secondary N) is 1. The highest BCUT2D eigenvalue weighted by Gasteiger charge is 2.27. The molecule has 1 unspecified atom stereocenters. The van der Waals surface area contributed by atoms with Gasteiger partial charge in [0, 0.05) is 24.7 Å². The largest absolute Gasteiger partial charge is 0.356 e. The van der Waals surface area contributed by atoms with Crippen LogP contribution in [0.1, 0.15) is 19.8 Å². The molecule has 1 N–H and O–H groups in total. The van der Waals surface area contributed by atoms with Crippen LogP contribution in [0.4, 0.5) is 10.9 Å². The van der Waals surface area contributed by atoms with Crippen molar-refractivity contribution in [2.75, 3.05) is 29.1 Å². The van der Waals surface area contributed by atoms with E-state index in [4.69, 9.17) is 0 Å². The molecule has 0 aliphatic carbocycles. The molecule has 4 rings (SSSR count). The Bertz CT molecular complexity index is 964. The van der Waals surface area contributed by atoms with Crippen molar-refractivity contribution in [2.45, 2.75) is 24.1 Å². The summed E-state index contributed by atoms with van der Waals surface area (Å²) in [6.45, 7) is 3.58. The monoisotopic (exact) mass is 426 g/mol. The Kier molecular flexibility index (Phi) is 6.36. The van der Waals surface area contributed by atoms with E-state index in [0.29, 0.717) is 11.7 Å². The zero-order chi connectivity index (χ0) is 20.1. The van der Waals surface area contributed by atoms with E-state index in [1.54, 1.807) is 18.1 Å². The number of anilines is 2. The first kappa shape index (κ1) is 19.8. The minimum absolute atomic E-state index is 0.00348. The molecule has 29 heavy (non-hydrogen) atoms. The van der Waals surface area contributed by atoms with E-state index in [-0.39, 0.29) is 11.8 Å². The zero-order valence-corrected chi connectivity index (χ0v) is 17.7. The highest BCUT2D eigenvalue weighted by molar-refractivity contribution is 8.01. The average Bonchev–Trinajstić information content (AvgIpc) is 3.21. The van der Waals surface area contributed by atoms with Crippen molar-refractivity contribution in [3.05, 3.63) is 42.7 Å². The summed E-state index contributed by atoms with van der Waals surface area (Å²) in [7, 11) is 0. The second-order valence-corrected chi connectivity index (χ2v) is 9.20. The Morgan fingerprint density at radius 3 is 2.97 bits per heavy atom. The minimum atomic E-state index is -0.106. The first-order chi connectivity index (χ1) is 14.2. The van der Waals surface area contributed by atoms with E-state index in [2.05, 4.69) is 37.3 Å². The van der Waals surface area contributed by atoms with Crippen LogP contribution in [0.25, 0.3) is 11.3 Å². The van der Waals surface area contributed by atoms with Crippen molar-refractivity contribution >= 4 is 40.0 Å². The van der Waals surface area contributed by atoms with Crippen molar-refractivity contribution in [1.82, 2.24) is 20.2 Å². The third-order valence-electron chi connectivity index (χ3n) is 4.74. The number of carbonyl (C=O) groups is 1. The molecule has 0 radical (unpaired) electrons. The van der Waals surface area contributed by atoms with Crippen LogP contribution in [0.3, 0.4) is 0 Å². The summed E-state index contributed by atoms with van der Waals surface area (Å²) in [5.41, 5.74) is 1.94. The summed E-state index contributed by atoms with van der Waals surface area (Å²) in [6, 6.07) is 12.0. The lowest BCUT2D eigenvalue weighted by atomic mass is 9.97. The molecule has 3 heterocycles. The molecule has 1 saturated heterocycles. The molecule has 150 valence electrons. The number of amides is 1. The molecule has 1 aromatic carbocycles. The van der Waals surface area contributed by atoms with Crippen LogP contribution in [-0.2, 0) is 4.79 Å². The van der Waals surface area contributed by atoms with Gasteiger partial charge >= 0.3 is 0 Å². The summed E-state index contributed by atoms with van der Waals surface area (Å²) in [5, 5.41) is 11.7. The fourth-order valence-electron chi connectivity index (χ4n) is 3.34. The van der Waals surface area contributed by atoms with Gasteiger partial charge in [-0.25, -0.2) is 9.97 Å². The Morgan fingerprint density at radius 2 is 2.14 bits per heavy atom. The van der Waals surface area contributed by atoms with Gasteiger partial charge in [-0.15, -0.1) is 10.2 Å². The molecule has 2 aromatic heterocycles. The molecule has 3 aromatic rings. The third kappa shape index (κ3) is 4.91. The number of benzene rings is 1. The van der Waals surface area contributed by atoms with Crippen molar-refractivity contribution in [3.8, 4) is 11.3 Å². The van der Waals surface area contributed by atoms with E-state index in [1.165, 1.54) is 11.3 Å². The first-order valence-corrected chi connectivity index (χ1v) is 11.4. The van der Waals surface area contributed by atoms with Crippen LogP contribution in [0.5, 0.6) is 0 Å². The molecule has 0 spiro atoms. The maximum atomic E-state index is 12.8. The van der Waals surface area contributed by atoms with Crippen molar-refractivity contribution < 1.29 is 4.79 Å². The summed E-state index contributed by atoms with van der Waals surface area (Å²) in [4.78, 5) is 23.8. The van der Waals surface area contributed by atoms with Gasteiger partial charge in [0.2, 0.25) is 11.0 Å². The predicted molar refractivity (Wildman–Crippen MR) is 117 cm³/mol.